The lowest BCUT2D eigenvalue weighted by molar-refractivity contribution is 0.301. The summed E-state index contributed by atoms with van der Waals surface area (Å²) in [5, 5.41) is 8.75. The van der Waals surface area contributed by atoms with E-state index in [1.165, 1.54) is 5.47 Å². The molecule has 0 unspecified atom stereocenters. The topological polar surface area (TPSA) is 20.2 Å². The van der Waals surface area contributed by atoms with Crippen LogP contribution in [0.4, 0.5) is 0 Å². The van der Waals surface area contributed by atoms with Crippen molar-refractivity contribution in [3.05, 3.63) is 47.9 Å². The molecule has 1 aliphatic heterocycles. The van der Waals surface area contributed by atoms with E-state index in [-0.39, 0.29) is 6.61 Å². The smallest absolute Gasteiger partial charge is 0.177 e. The molecule has 0 saturated carbocycles. The molecular weight excluding hydrogens is 147 g/mol. The van der Waals surface area contributed by atoms with Gasteiger partial charge in [-0.3, -0.25) is 0 Å². The molecule has 1 aliphatic rings. The van der Waals surface area contributed by atoms with Crippen molar-refractivity contribution in [2.45, 2.75) is 6.42 Å². The summed E-state index contributed by atoms with van der Waals surface area (Å²) in [6, 6.07) is 0. The normalized spacial score (nSPS) is 15.9. The Balaban J connectivity index is 2.61. The lowest BCUT2D eigenvalue weighted by atomic mass is 9.68. The second kappa shape index (κ2) is 5.61. The Morgan fingerprint density at radius 3 is 2.67 bits per heavy atom. The lowest BCUT2D eigenvalue weighted by Gasteiger charge is -1.97. The zero-order valence-corrected chi connectivity index (χ0v) is 7.11. The Labute approximate surface area is 74.0 Å². The van der Waals surface area contributed by atoms with Gasteiger partial charge in [0.1, 0.15) is 0 Å². The molecule has 0 saturated heterocycles. The number of hydrogen-bond donors (Lipinski definition) is 1. The van der Waals surface area contributed by atoms with Gasteiger partial charge in [0.05, 0.1) is 0 Å². The highest BCUT2D eigenvalue weighted by atomic mass is 16.2. The van der Waals surface area contributed by atoms with Crippen molar-refractivity contribution < 1.29 is 5.11 Å². The molecule has 2 heteroatoms. The minimum absolute atomic E-state index is 0.237. The van der Waals surface area contributed by atoms with E-state index in [0.717, 1.165) is 13.7 Å². The molecule has 1 N–H and O–H groups in total. The van der Waals surface area contributed by atoms with Crippen molar-refractivity contribution in [1.82, 2.24) is 0 Å². The first-order valence-electron chi connectivity index (χ1n) is 4.22. The van der Waals surface area contributed by atoms with Gasteiger partial charge in [0.2, 0.25) is 0 Å². The molecule has 0 aromatic rings. The van der Waals surface area contributed by atoms with Gasteiger partial charge in [-0.15, -0.1) is 5.98 Å². The molecule has 1 nitrogen and oxygen atoms in total. The molecule has 0 aliphatic carbocycles. The summed E-state index contributed by atoms with van der Waals surface area (Å²) >= 11 is 0. The lowest BCUT2D eigenvalue weighted by Crippen LogP contribution is -1.95. The van der Waals surface area contributed by atoms with Crippen molar-refractivity contribution in [3.63, 3.8) is 0 Å². The van der Waals surface area contributed by atoms with E-state index in [0.29, 0.717) is 0 Å². The van der Waals surface area contributed by atoms with Crippen LogP contribution in [0.5, 0.6) is 0 Å². The van der Waals surface area contributed by atoms with Crippen LogP contribution in [0.1, 0.15) is 6.42 Å². The summed E-state index contributed by atoms with van der Waals surface area (Å²) in [4.78, 5) is 0. The zero-order chi connectivity index (χ0) is 8.65. The summed E-state index contributed by atoms with van der Waals surface area (Å²) in [5.74, 6) is 2.10. The highest BCUT2D eigenvalue weighted by Gasteiger charge is 1.94. The molecule has 0 spiro atoms. The summed E-state index contributed by atoms with van der Waals surface area (Å²) in [6.45, 7) is 0.237. The van der Waals surface area contributed by atoms with Crippen LogP contribution in [-0.4, -0.2) is 19.0 Å². The molecule has 0 amide bonds. The maximum Gasteiger partial charge on any atom is 0.177 e. The third-order valence-electron chi connectivity index (χ3n) is 1.73. The SMILES string of the molecule is OCCC1=CC=CC=CC=CB1. The molecule has 1 rings (SSSR count). The monoisotopic (exact) mass is 160 g/mol. The van der Waals surface area contributed by atoms with E-state index >= 15 is 0 Å². The first kappa shape index (κ1) is 9.08. The van der Waals surface area contributed by atoms with Crippen LogP contribution in [0.25, 0.3) is 0 Å². The van der Waals surface area contributed by atoms with Crippen LogP contribution in [-0.2, 0) is 0 Å². The fraction of sp³-hybridized carbons (Fsp3) is 0.200. The first-order chi connectivity index (χ1) is 5.93. The third kappa shape index (κ3) is 3.40. The molecule has 1 heterocycles. The van der Waals surface area contributed by atoms with Gasteiger partial charge in [0, 0.05) is 6.61 Å². The van der Waals surface area contributed by atoms with Gasteiger partial charge in [0.25, 0.3) is 0 Å². The summed E-state index contributed by atoms with van der Waals surface area (Å²) in [6.07, 6.45) is 12.9. The number of rotatable bonds is 2. The van der Waals surface area contributed by atoms with Crippen molar-refractivity contribution in [3.8, 4) is 0 Å². The predicted octanol–water partition coefficient (Wildman–Crippen LogP) is 1.33. The molecular formula is C10H13BO. The molecule has 0 bridgehead atoms. The first-order valence-corrected chi connectivity index (χ1v) is 4.22. The zero-order valence-electron chi connectivity index (χ0n) is 7.11. The summed E-state index contributed by atoms with van der Waals surface area (Å²) in [7, 11) is 0.940. The second-order valence-electron chi connectivity index (χ2n) is 2.70. The highest BCUT2D eigenvalue weighted by Crippen LogP contribution is 2.01. The van der Waals surface area contributed by atoms with Crippen LogP contribution >= 0.6 is 0 Å². The Bertz CT molecular complexity index is 236. The van der Waals surface area contributed by atoms with Crippen molar-refractivity contribution >= 4 is 7.28 Å². The Hall–Kier alpha value is -1.02. The third-order valence-corrected chi connectivity index (χ3v) is 1.73. The van der Waals surface area contributed by atoms with Gasteiger partial charge in [-0.05, 0) is 6.42 Å². The number of hydrogen-bond acceptors (Lipinski definition) is 1. The minimum atomic E-state index is 0.237. The van der Waals surface area contributed by atoms with Gasteiger partial charge in [-0.1, -0.05) is 41.9 Å². The minimum Gasteiger partial charge on any atom is -0.396 e. The summed E-state index contributed by atoms with van der Waals surface area (Å²) < 4.78 is 0. The highest BCUT2D eigenvalue weighted by molar-refractivity contribution is 6.51. The van der Waals surface area contributed by atoms with E-state index in [2.05, 4.69) is 12.1 Å². The average Bonchev–Trinajstić information content (AvgIpc) is 2.19. The fourth-order valence-corrected chi connectivity index (χ4v) is 1.08. The van der Waals surface area contributed by atoms with Crippen molar-refractivity contribution in [1.29, 1.82) is 0 Å². The maximum atomic E-state index is 8.75. The second-order valence-corrected chi connectivity index (χ2v) is 2.70. The quantitative estimate of drug-likeness (QED) is 0.604. The van der Waals surface area contributed by atoms with E-state index in [1.807, 2.05) is 30.4 Å². The van der Waals surface area contributed by atoms with Crippen LogP contribution < -0.4 is 0 Å². The van der Waals surface area contributed by atoms with Crippen LogP contribution in [0.2, 0.25) is 0 Å². The van der Waals surface area contributed by atoms with Gasteiger partial charge in [-0.25, -0.2) is 0 Å². The Kier molecular flexibility index (Phi) is 4.24. The van der Waals surface area contributed by atoms with E-state index < -0.39 is 0 Å². The Morgan fingerprint density at radius 1 is 1.08 bits per heavy atom. The van der Waals surface area contributed by atoms with Crippen molar-refractivity contribution in [2.24, 2.45) is 0 Å². The molecule has 0 aromatic heterocycles. The van der Waals surface area contributed by atoms with Gasteiger partial charge < -0.3 is 5.11 Å². The van der Waals surface area contributed by atoms with E-state index in [9.17, 15) is 0 Å². The van der Waals surface area contributed by atoms with Gasteiger partial charge >= 0.3 is 0 Å². The van der Waals surface area contributed by atoms with Crippen molar-refractivity contribution in [2.75, 3.05) is 6.61 Å². The Morgan fingerprint density at radius 2 is 1.83 bits per heavy atom. The molecule has 0 aromatic carbocycles. The van der Waals surface area contributed by atoms with Crippen LogP contribution in [0.15, 0.2) is 47.9 Å². The van der Waals surface area contributed by atoms with Gasteiger partial charge in [-0.2, -0.15) is 0 Å². The van der Waals surface area contributed by atoms with Gasteiger partial charge in [0.15, 0.2) is 7.28 Å². The molecule has 62 valence electrons. The van der Waals surface area contributed by atoms with Crippen LogP contribution in [0.3, 0.4) is 0 Å². The largest absolute Gasteiger partial charge is 0.396 e. The predicted molar refractivity (Wildman–Crippen MR) is 54.4 cm³/mol. The van der Waals surface area contributed by atoms with E-state index in [1.54, 1.807) is 0 Å². The number of aliphatic hydroxyl groups excluding tert-OH is 1. The standard InChI is InChI=1S/C10H13BO/c12-9-7-10-6-4-2-1-3-5-8-11-10/h1-6,8,11-12H,7,9H2. The van der Waals surface area contributed by atoms with Crippen LogP contribution in [0, 0.1) is 0 Å². The molecule has 0 radical (unpaired) electrons. The molecule has 12 heavy (non-hydrogen) atoms. The molecule has 0 fully saturated rings. The summed E-state index contributed by atoms with van der Waals surface area (Å²) in [5.41, 5.74) is 1.27. The number of aliphatic hydroxyl groups is 1. The fourth-order valence-electron chi connectivity index (χ4n) is 1.08. The number of allylic oxidation sites excluding steroid dienone is 6. The average molecular weight is 160 g/mol. The maximum absolute atomic E-state index is 8.75. The molecule has 0 atom stereocenters. The van der Waals surface area contributed by atoms with E-state index in [4.69, 9.17) is 5.11 Å².